The number of carbonyl (C=O) groups is 1. The van der Waals surface area contributed by atoms with E-state index in [0.717, 1.165) is 12.8 Å². The van der Waals surface area contributed by atoms with Crippen LogP contribution in [0.15, 0.2) is 0 Å². The van der Waals surface area contributed by atoms with Gasteiger partial charge in [0.15, 0.2) is 0 Å². The van der Waals surface area contributed by atoms with Crippen LogP contribution in [0, 0.1) is 17.8 Å². The number of nitrogens with two attached hydrogens (primary N) is 1. The molecule has 3 heteroatoms. The van der Waals surface area contributed by atoms with Crippen molar-refractivity contribution in [3.63, 3.8) is 0 Å². The lowest BCUT2D eigenvalue weighted by Gasteiger charge is -2.33. The molecule has 86 valence electrons. The molecule has 0 saturated heterocycles. The van der Waals surface area contributed by atoms with Crippen LogP contribution >= 0.6 is 0 Å². The smallest absolute Gasteiger partial charge is 0.230 e. The Labute approximate surface area is 93.0 Å². The average molecular weight is 210 g/mol. The molecule has 0 aromatic carbocycles. The van der Waals surface area contributed by atoms with E-state index in [0.29, 0.717) is 19.6 Å². The molecule has 0 bridgehead atoms. The fraction of sp³-hybridized carbons (Fsp3) is 0.750. The number of nitrogens with zero attached hydrogens (tertiary/aromatic N) is 1. The zero-order valence-corrected chi connectivity index (χ0v) is 10.0. The van der Waals surface area contributed by atoms with E-state index in [1.165, 1.54) is 0 Å². The molecule has 1 amide bonds. The maximum absolute atomic E-state index is 12.2. The first-order chi connectivity index (χ1) is 7.11. The van der Waals surface area contributed by atoms with Gasteiger partial charge in [0.2, 0.25) is 5.91 Å². The molecule has 0 fully saturated rings. The molecule has 0 saturated carbocycles. The fourth-order valence-electron chi connectivity index (χ4n) is 1.70. The standard InChI is InChI=1S/C12H22N2O/c1-5-9-14(8-4)11(15)12(6-2,7-3)10-13/h1H,6-10,13H2,2-4H3. The van der Waals surface area contributed by atoms with Gasteiger partial charge in [-0.2, -0.15) is 0 Å². The van der Waals surface area contributed by atoms with Crippen LogP contribution in [0.5, 0.6) is 0 Å². The summed E-state index contributed by atoms with van der Waals surface area (Å²) in [6.07, 6.45) is 6.76. The molecule has 15 heavy (non-hydrogen) atoms. The zero-order valence-electron chi connectivity index (χ0n) is 10.0. The van der Waals surface area contributed by atoms with Gasteiger partial charge in [-0.3, -0.25) is 4.79 Å². The summed E-state index contributed by atoms with van der Waals surface area (Å²) in [4.78, 5) is 13.9. The molecule has 0 atom stereocenters. The van der Waals surface area contributed by atoms with Gasteiger partial charge in [0.1, 0.15) is 0 Å². The van der Waals surface area contributed by atoms with Crippen molar-refractivity contribution in [2.75, 3.05) is 19.6 Å². The molecular formula is C12H22N2O. The van der Waals surface area contributed by atoms with Crippen LogP contribution < -0.4 is 5.73 Å². The monoisotopic (exact) mass is 210 g/mol. The number of hydrogen-bond donors (Lipinski definition) is 1. The quantitative estimate of drug-likeness (QED) is 0.670. The van der Waals surface area contributed by atoms with E-state index in [1.807, 2.05) is 20.8 Å². The van der Waals surface area contributed by atoms with E-state index >= 15 is 0 Å². The third kappa shape index (κ3) is 2.97. The second kappa shape index (κ2) is 6.47. The summed E-state index contributed by atoms with van der Waals surface area (Å²) in [5, 5.41) is 0. The van der Waals surface area contributed by atoms with Gasteiger partial charge in [0.05, 0.1) is 12.0 Å². The van der Waals surface area contributed by atoms with Crippen LogP contribution in [0.4, 0.5) is 0 Å². The minimum atomic E-state index is -0.424. The Bertz CT molecular complexity index is 230. The molecule has 3 nitrogen and oxygen atoms in total. The lowest BCUT2D eigenvalue weighted by atomic mass is 9.81. The number of terminal acetylenes is 1. The minimum Gasteiger partial charge on any atom is -0.331 e. The maximum Gasteiger partial charge on any atom is 0.230 e. The highest BCUT2D eigenvalue weighted by molar-refractivity contribution is 5.83. The summed E-state index contributed by atoms with van der Waals surface area (Å²) < 4.78 is 0. The van der Waals surface area contributed by atoms with Crippen molar-refractivity contribution in [3.05, 3.63) is 0 Å². The topological polar surface area (TPSA) is 46.3 Å². The van der Waals surface area contributed by atoms with Gasteiger partial charge in [-0.1, -0.05) is 19.8 Å². The lowest BCUT2D eigenvalue weighted by Crippen LogP contribution is -2.47. The van der Waals surface area contributed by atoms with Crippen molar-refractivity contribution in [1.29, 1.82) is 0 Å². The molecule has 0 heterocycles. The second-order valence-corrected chi connectivity index (χ2v) is 3.72. The zero-order chi connectivity index (χ0) is 11.9. The molecule has 0 aromatic rings. The summed E-state index contributed by atoms with van der Waals surface area (Å²) in [5.41, 5.74) is 5.30. The van der Waals surface area contributed by atoms with E-state index in [-0.39, 0.29) is 5.91 Å². The van der Waals surface area contributed by atoms with Gasteiger partial charge in [0.25, 0.3) is 0 Å². The van der Waals surface area contributed by atoms with E-state index in [1.54, 1.807) is 4.90 Å². The van der Waals surface area contributed by atoms with Crippen molar-refractivity contribution in [3.8, 4) is 12.3 Å². The van der Waals surface area contributed by atoms with Gasteiger partial charge in [-0.25, -0.2) is 0 Å². The number of carbonyl (C=O) groups excluding carboxylic acids is 1. The number of rotatable bonds is 6. The SMILES string of the molecule is C#CCN(CC)C(=O)C(CC)(CC)CN. The van der Waals surface area contributed by atoms with E-state index in [9.17, 15) is 4.79 Å². The van der Waals surface area contributed by atoms with Gasteiger partial charge in [-0.15, -0.1) is 6.42 Å². The van der Waals surface area contributed by atoms with Crippen molar-refractivity contribution in [2.24, 2.45) is 11.1 Å². The van der Waals surface area contributed by atoms with Crippen molar-refractivity contribution >= 4 is 5.91 Å². The Kier molecular flexibility index (Phi) is 6.03. The number of amides is 1. The van der Waals surface area contributed by atoms with E-state index in [2.05, 4.69) is 5.92 Å². The first-order valence-corrected chi connectivity index (χ1v) is 5.54. The van der Waals surface area contributed by atoms with Crippen LogP contribution in [0.25, 0.3) is 0 Å². The van der Waals surface area contributed by atoms with Crippen LogP contribution in [-0.4, -0.2) is 30.4 Å². The molecule has 0 rings (SSSR count). The maximum atomic E-state index is 12.2. The highest BCUT2D eigenvalue weighted by Crippen LogP contribution is 2.27. The summed E-state index contributed by atoms with van der Waals surface area (Å²) in [6, 6.07) is 0. The van der Waals surface area contributed by atoms with Crippen molar-refractivity contribution in [1.82, 2.24) is 4.90 Å². The van der Waals surface area contributed by atoms with Crippen LogP contribution in [0.3, 0.4) is 0 Å². The third-order valence-corrected chi connectivity index (χ3v) is 3.15. The second-order valence-electron chi connectivity index (χ2n) is 3.72. The highest BCUT2D eigenvalue weighted by atomic mass is 16.2. The van der Waals surface area contributed by atoms with Crippen molar-refractivity contribution in [2.45, 2.75) is 33.6 Å². The summed E-state index contributed by atoms with van der Waals surface area (Å²) >= 11 is 0. The van der Waals surface area contributed by atoms with Gasteiger partial charge in [-0.05, 0) is 19.8 Å². The number of hydrogen-bond acceptors (Lipinski definition) is 2. The predicted octanol–water partition coefficient (Wildman–Crippen LogP) is 1.23. The molecule has 0 aliphatic heterocycles. The Balaban J connectivity index is 4.83. The molecule has 0 spiro atoms. The van der Waals surface area contributed by atoms with Crippen LogP contribution in [0.2, 0.25) is 0 Å². The first-order valence-electron chi connectivity index (χ1n) is 5.54. The molecular weight excluding hydrogens is 188 g/mol. The van der Waals surface area contributed by atoms with Crippen LogP contribution in [-0.2, 0) is 4.79 Å². The Hall–Kier alpha value is -1.01. The first kappa shape index (κ1) is 14.0. The molecule has 0 aliphatic rings. The minimum absolute atomic E-state index is 0.0930. The Morgan fingerprint density at radius 1 is 1.40 bits per heavy atom. The molecule has 2 N–H and O–H groups in total. The van der Waals surface area contributed by atoms with Crippen LogP contribution in [0.1, 0.15) is 33.6 Å². The fourth-order valence-corrected chi connectivity index (χ4v) is 1.70. The Morgan fingerprint density at radius 3 is 2.20 bits per heavy atom. The Morgan fingerprint density at radius 2 is 1.93 bits per heavy atom. The van der Waals surface area contributed by atoms with Gasteiger partial charge >= 0.3 is 0 Å². The normalized spacial score (nSPS) is 10.9. The molecule has 0 unspecified atom stereocenters. The van der Waals surface area contributed by atoms with Crippen molar-refractivity contribution < 1.29 is 4.79 Å². The predicted molar refractivity (Wildman–Crippen MR) is 63.2 cm³/mol. The van der Waals surface area contributed by atoms with Gasteiger partial charge in [0, 0.05) is 13.1 Å². The molecule has 0 radical (unpaired) electrons. The summed E-state index contributed by atoms with van der Waals surface area (Å²) in [7, 11) is 0. The third-order valence-electron chi connectivity index (χ3n) is 3.15. The van der Waals surface area contributed by atoms with E-state index in [4.69, 9.17) is 12.2 Å². The highest BCUT2D eigenvalue weighted by Gasteiger charge is 2.35. The largest absolute Gasteiger partial charge is 0.331 e. The molecule has 0 aliphatic carbocycles. The van der Waals surface area contributed by atoms with Gasteiger partial charge < -0.3 is 10.6 Å². The summed E-state index contributed by atoms with van der Waals surface area (Å²) in [6.45, 7) is 7.33. The average Bonchev–Trinajstić information content (AvgIpc) is 2.28. The summed E-state index contributed by atoms with van der Waals surface area (Å²) in [5.74, 6) is 2.60. The van der Waals surface area contributed by atoms with E-state index < -0.39 is 5.41 Å². The molecule has 0 aromatic heterocycles. The lowest BCUT2D eigenvalue weighted by molar-refractivity contribution is -0.141.